The Balaban J connectivity index is 0.00000363. The number of nitrogens with zero attached hydrogens (tertiary/aromatic N) is 5. The van der Waals surface area contributed by atoms with Gasteiger partial charge in [0.05, 0.1) is 0 Å². The predicted molar refractivity (Wildman–Crippen MR) is 149 cm³/mol. The van der Waals surface area contributed by atoms with E-state index >= 15 is 0 Å². The molecule has 0 bridgehead atoms. The highest BCUT2D eigenvalue weighted by atomic mass is 127. The topological polar surface area (TPSA) is 37.4 Å². The molecular formula is C25H45IN6. The molecule has 0 amide bonds. The lowest BCUT2D eigenvalue weighted by molar-refractivity contribution is 0.125. The minimum Gasteiger partial charge on any atom is -0.368 e. The molecule has 1 N–H and O–H groups in total. The molecule has 2 fully saturated rings. The van der Waals surface area contributed by atoms with Gasteiger partial charge in [0.2, 0.25) is 0 Å². The molecule has 6 nitrogen and oxygen atoms in total. The summed E-state index contributed by atoms with van der Waals surface area (Å²) in [5.74, 6) is 1.67. The fourth-order valence-electron chi connectivity index (χ4n) is 4.69. The van der Waals surface area contributed by atoms with Crippen LogP contribution in [-0.2, 0) is 0 Å². The van der Waals surface area contributed by atoms with Crippen LogP contribution in [-0.4, -0.2) is 99.2 Å². The van der Waals surface area contributed by atoms with E-state index in [-0.39, 0.29) is 24.0 Å². The first kappa shape index (κ1) is 27.2. The second-order valence-electron chi connectivity index (χ2n) is 9.23. The van der Waals surface area contributed by atoms with Crippen molar-refractivity contribution >= 4 is 35.6 Å². The molecule has 2 aliphatic rings. The molecule has 0 aromatic heterocycles. The van der Waals surface area contributed by atoms with Crippen LogP contribution >= 0.6 is 24.0 Å². The average molecular weight is 557 g/mol. The Morgan fingerprint density at radius 1 is 0.969 bits per heavy atom. The van der Waals surface area contributed by atoms with Gasteiger partial charge >= 0.3 is 0 Å². The number of likely N-dealkylation sites (N-methyl/N-ethyl adjacent to an activating group) is 1. The first-order valence-electron chi connectivity index (χ1n) is 12.3. The minimum absolute atomic E-state index is 0. The SMILES string of the molecule is CCNC(=NCC(C)CN1CCN(CC)CC1)N1CCN(c2cccc(C)c2C)CC1.I. The van der Waals surface area contributed by atoms with Gasteiger partial charge in [0.15, 0.2) is 5.96 Å². The van der Waals surface area contributed by atoms with Crippen molar-refractivity contribution in [3.8, 4) is 0 Å². The quantitative estimate of drug-likeness (QED) is 0.317. The van der Waals surface area contributed by atoms with Gasteiger partial charge in [-0.2, -0.15) is 0 Å². The van der Waals surface area contributed by atoms with Crippen molar-refractivity contribution < 1.29 is 0 Å². The van der Waals surface area contributed by atoms with Gasteiger partial charge in [0, 0.05) is 77.7 Å². The number of halogens is 1. The maximum Gasteiger partial charge on any atom is 0.194 e. The highest BCUT2D eigenvalue weighted by Crippen LogP contribution is 2.23. The zero-order valence-corrected chi connectivity index (χ0v) is 23.3. The lowest BCUT2D eigenvalue weighted by Gasteiger charge is -2.38. The predicted octanol–water partition coefficient (Wildman–Crippen LogP) is 3.28. The number of hydrogen-bond acceptors (Lipinski definition) is 4. The van der Waals surface area contributed by atoms with Crippen LogP contribution in [0.5, 0.6) is 0 Å². The van der Waals surface area contributed by atoms with Crippen LogP contribution in [0.15, 0.2) is 23.2 Å². The van der Waals surface area contributed by atoms with E-state index < -0.39 is 0 Å². The van der Waals surface area contributed by atoms with E-state index in [2.05, 4.69) is 77.7 Å². The normalized spacial score (nSPS) is 19.6. The lowest BCUT2D eigenvalue weighted by Crippen LogP contribution is -2.53. The van der Waals surface area contributed by atoms with Crippen LogP contribution in [0.2, 0.25) is 0 Å². The van der Waals surface area contributed by atoms with E-state index in [9.17, 15) is 0 Å². The molecule has 1 aromatic rings. The Labute approximate surface area is 213 Å². The number of hydrogen-bond donors (Lipinski definition) is 1. The molecule has 1 aromatic carbocycles. The number of rotatable bonds is 7. The van der Waals surface area contributed by atoms with Crippen LogP contribution in [0.1, 0.15) is 31.9 Å². The standard InChI is InChI=1S/C25H44N6.HI/c1-6-26-25(27-19-21(3)20-29-13-11-28(7-2)12-14-29)31-17-15-30(16-18-31)24-10-8-9-22(4)23(24)5;/h8-10,21H,6-7,11-20H2,1-5H3,(H,26,27);1H. The molecule has 3 rings (SSSR count). The number of piperazine rings is 2. The third-order valence-corrected chi connectivity index (χ3v) is 6.87. The van der Waals surface area contributed by atoms with E-state index in [1.54, 1.807) is 0 Å². The Bertz CT molecular complexity index is 708. The summed E-state index contributed by atoms with van der Waals surface area (Å²) in [7, 11) is 0. The number of aryl methyl sites for hydroxylation is 1. The van der Waals surface area contributed by atoms with Crippen LogP contribution in [0.3, 0.4) is 0 Å². The average Bonchev–Trinajstić information content (AvgIpc) is 2.79. The molecule has 2 saturated heterocycles. The third-order valence-electron chi connectivity index (χ3n) is 6.87. The zero-order chi connectivity index (χ0) is 22.2. The Morgan fingerprint density at radius 3 is 2.25 bits per heavy atom. The highest BCUT2D eigenvalue weighted by molar-refractivity contribution is 14.0. The Kier molecular flexibility index (Phi) is 11.6. The van der Waals surface area contributed by atoms with Crippen molar-refractivity contribution in [2.45, 2.75) is 34.6 Å². The summed E-state index contributed by atoms with van der Waals surface area (Å²) >= 11 is 0. The third kappa shape index (κ3) is 7.48. The van der Waals surface area contributed by atoms with E-state index in [4.69, 9.17) is 4.99 Å². The van der Waals surface area contributed by atoms with Gasteiger partial charge in [-0.1, -0.05) is 26.0 Å². The largest absolute Gasteiger partial charge is 0.368 e. The summed E-state index contributed by atoms with van der Waals surface area (Å²) in [4.78, 5) is 15.2. The van der Waals surface area contributed by atoms with E-state index in [0.29, 0.717) is 5.92 Å². The summed E-state index contributed by atoms with van der Waals surface area (Å²) in [6, 6.07) is 6.65. The highest BCUT2D eigenvalue weighted by Gasteiger charge is 2.22. The van der Waals surface area contributed by atoms with Gasteiger partial charge in [-0.3, -0.25) is 4.99 Å². The van der Waals surface area contributed by atoms with E-state index in [1.165, 1.54) is 49.5 Å². The maximum absolute atomic E-state index is 5.04. The lowest BCUT2D eigenvalue weighted by atomic mass is 10.1. The fourth-order valence-corrected chi connectivity index (χ4v) is 4.69. The molecule has 32 heavy (non-hydrogen) atoms. The number of anilines is 1. The number of guanidine groups is 1. The first-order chi connectivity index (χ1) is 15.0. The molecule has 1 unspecified atom stereocenters. The van der Waals surface area contributed by atoms with Crippen molar-refractivity contribution in [1.29, 1.82) is 0 Å². The zero-order valence-electron chi connectivity index (χ0n) is 20.9. The van der Waals surface area contributed by atoms with E-state index in [0.717, 1.165) is 51.8 Å². The Morgan fingerprint density at radius 2 is 1.62 bits per heavy atom. The monoisotopic (exact) mass is 556 g/mol. The second kappa shape index (κ2) is 13.6. The maximum atomic E-state index is 5.04. The molecule has 2 heterocycles. The molecule has 0 saturated carbocycles. The summed E-state index contributed by atoms with van der Waals surface area (Å²) in [5.41, 5.74) is 4.17. The van der Waals surface area contributed by atoms with E-state index in [1.807, 2.05) is 0 Å². The molecule has 0 radical (unpaired) electrons. The number of aliphatic imine (C=N–C) groups is 1. The van der Waals surface area contributed by atoms with Gasteiger partial charge in [0.25, 0.3) is 0 Å². The van der Waals surface area contributed by atoms with Crippen molar-refractivity contribution in [3.63, 3.8) is 0 Å². The molecule has 1 atom stereocenters. The fraction of sp³-hybridized carbons (Fsp3) is 0.720. The number of nitrogens with one attached hydrogen (secondary N) is 1. The first-order valence-corrected chi connectivity index (χ1v) is 12.3. The van der Waals surface area contributed by atoms with Crippen LogP contribution in [0.4, 0.5) is 5.69 Å². The van der Waals surface area contributed by atoms with Gasteiger partial charge in [-0.25, -0.2) is 0 Å². The molecular weight excluding hydrogens is 511 g/mol. The molecule has 0 spiro atoms. The summed E-state index contributed by atoms with van der Waals surface area (Å²) in [6.07, 6.45) is 0. The van der Waals surface area contributed by atoms with Crippen molar-refractivity contribution in [2.24, 2.45) is 10.9 Å². The molecule has 2 aliphatic heterocycles. The van der Waals surface area contributed by atoms with Gasteiger partial charge in [-0.05, 0) is 50.4 Å². The van der Waals surface area contributed by atoms with Crippen molar-refractivity contribution in [1.82, 2.24) is 20.0 Å². The van der Waals surface area contributed by atoms with Gasteiger partial charge in [-0.15, -0.1) is 24.0 Å². The molecule has 0 aliphatic carbocycles. The van der Waals surface area contributed by atoms with Crippen LogP contribution in [0.25, 0.3) is 0 Å². The smallest absolute Gasteiger partial charge is 0.194 e. The molecule has 7 heteroatoms. The second-order valence-corrected chi connectivity index (χ2v) is 9.23. The summed E-state index contributed by atoms with van der Waals surface area (Å²) in [5, 5.41) is 3.54. The van der Waals surface area contributed by atoms with Gasteiger partial charge in [0.1, 0.15) is 0 Å². The van der Waals surface area contributed by atoms with Crippen molar-refractivity contribution in [3.05, 3.63) is 29.3 Å². The van der Waals surface area contributed by atoms with Crippen LogP contribution in [0, 0.1) is 19.8 Å². The minimum atomic E-state index is 0. The van der Waals surface area contributed by atoms with Crippen LogP contribution < -0.4 is 10.2 Å². The van der Waals surface area contributed by atoms with Crippen molar-refractivity contribution in [2.75, 3.05) is 83.4 Å². The van der Waals surface area contributed by atoms with Gasteiger partial charge < -0.3 is 24.9 Å². The number of benzene rings is 1. The molecule has 182 valence electrons. The summed E-state index contributed by atoms with van der Waals surface area (Å²) < 4.78 is 0. The Hall–Kier alpha value is -1.06. The summed E-state index contributed by atoms with van der Waals surface area (Å²) in [6.45, 7) is 24.3.